The van der Waals surface area contributed by atoms with Crippen LogP contribution >= 0.6 is 11.8 Å². The summed E-state index contributed by atoms with van der Waals surface area (Å²) in [6, 6.07) is 14.4. The zero-order valence-electron chi connectivity index (χ0n) is 12.1. The second kappa shape index (κ2) is 6.22. The topological polar surface area (TPSA) is 54.7 Å². The Labute approximate surface area is 129 Å². The Morgan fingerprint density at radius 2 is 1.95 bits per heavy atom. The molecule has 0 radical (unpaired) electrons. The van der Waals surface area contributed by atoms with Gasteiger partial charge in [0.25, 0.3) is 0 Å². The van der Waals surface area contributed by atoms with Crippen LogP contribution in [-0.4, -0.2) is 15.7 Å². The highest BCUT2D eigenvalue weighted by Crippen LogP contribution is 2.21. The molecule has 0 aliphatic rings. The Hall–Kier alpha value is -1.94. The van der Waals surface area contributed by atoms with Gasteiger partial charge in [0.2, 0.25) is 0 Å². The predicted octanol–water partition coefficient (Wildman–Crippen LogP) is 4.18. The van der Waals surface area contributed by atoms with E-state index in [9.17, 15) is 0 Å². The van der Waals surface area contributed by atoms with E-state index in [2.05, 4.69) is 47.2 Å². The van der Waals surface area contributed by atoms with Gasteiger partial charge in [0.1, 0.15) is 0 Å². The Morgan fingerprint density at radius 3 is 2.76 bits per heavy atom. The molecule has 0 bridgehead atoms. The predicted molar refractivity (Wildman–Crippen MR) is 90.7 cm³/mol. The summed E-state index contributed by atoms with van der Waals surface area (Å²) < 4.78 is 0. The minimum atomic E-state index is 0.825. The van der Waals surface area contributed by atoms with Crippen LogP contribution in [0.2, 0.25) is 0 Å². The molecule has 0 saturated carbocycles. The van der Waals surface area contributed by atoms with Crippen molar-refractivity contribution in [3.8, 4) is 0 Å². The van der Waals surface area contributed by atoms with Crippen LogP contribution < -0.4 is 5.73 Å². The van der Waals surface area contributed by atoms with E-state index >= 15 is 0 Å². The fourth-order valence-electron chi connectivity index (χ4n) is 2.30. The van der Waals surface area contributed by atoms with Gasteiger partial charge in [0.15, 0.2) is 5.16 Å². The molecular formula is C17H19N3S. The first-order chi connectivity index (χ1) is 10.2. The molecule has 21 heavy (non-hydrogen) atoms. The van der Waals surface area contributed by atoms with Crippen LogP contribution in [0.1, 0.15) is 17.5 Å². The summed E-state index contributed by atoms with van der Waals surface area (Å²) in [6.45, 7) is 2.10. The van der Waals surface area contributed by atoms with Crippen molar-refractivity contribution in [1.29, 1.82) is 0 Å². The van der Waals surface area contributed by atoms with Gasteiger partial charge in [-0.25, -0.2) is 4.98 Å². The molecule has 3 nitrogen and oxygen atoms in total. The van der Waals surface area contributed by atoms with Crippen molar-refractivity contribution in [2.24, 2.45) is 0 Å². The highest BCUT2D eigenvalue weighted by molar-refractivity contribution is 7.99. The number of thioether (sulfide) groups is 1. The van der Waals surface area contributed by atoms with Crippen LogP contribution in [-0.2, 0) is 6.42 Å². The van der Waals surface area contributed by atoms with E-state index in [-0.39, 0.29) is 0 Å². The van der Waals surface area contributed by atoms with Gasteiger partial charge >= 0.3 is 0 Å². The van der Waals surface area contributed by atoms with Gasteiger partial charge in [-0.1, -0.05) is 30.0 Å². The molecule has 0 atom stereocenters. The van der Waals surface area contributed by atoms with E-state index in [1.165, 1.54) is 11.1 Å². The average Bonchev–Trinajstić information content (AvgIpc) is 2.87. The van der Waals surface area contributed by atoms with Crippen LogP contribution in [0.3, 0.4) is 0 Å². The van der Waals surface area contributed by atoms with E-state index in [0.29, 0.717) is 0 Å². The molecule has 3 rings (SSSR count). The van der Waals surface area contributed by atoms with Crippen molar-refractivity contribution in [1.82, 2.24) is 9.97 Å². The highest BCUT2D eigenvalue weighted by atomic mass is 32.2. The number of aromatic nitrogens is 2. The third-order valence-corrected chi connectivity index (χ3v) is 4.40. The summed E-state index contributed by atoms with van der Waals surface area (Å²) in [6.07, 6.45) is 2.21. The maximum atomic E-state index is 5.69. The third-order valence-electron chi connectivity index (χ3n) is 3.44. The highest BCUT2D eigenvalue weighted by Gasteiger charge is 2.03. The molecule has 0 amide bonds. The summed E-state index contributed by atoms with van der Waals surface area (Å²) in [4.78, 5) is 7.98. The van der Waals surface area contributed by atoms with E-state index in [1.54, 1.807) is 11.8 Å². The number of nitrogens with zero attached hydrogens (tertiary/aromatic N) is 1. The molecular weight excluding hydrogens is 278 g/mol. The Balaban J connectivity index is 1.53. The molecule has 0 unspecified atom stereocenters. The van der Waals surface area contributed by atoms with Gasteiger partial charge in [-0.05, 0) is 55.2 Å². The van der Waals surface area contributed by atoms with Crippen LogP contribution in [0.4, 0.5) is 5.69 Å². The summed E-state index contributed by atoms with van der Waals surface area (Å²) in [5.41, 5.74) is 11.3. The molecule has 2 aromatic carbocycles. The lowest BCUT2D eigenvalue weighted by atomic mass is 10.1. The number of anilines is 1. The van der Waals surface area contributed by atoms with Crippen molar-refractivity contribution in [2.75, 3.05) is 11.5 Å². The van der Waals surface area contributed by atoms with Crippen molar-refractivity contribution in [3.05, 3.63) is 53.6 Å². The molecule has 0 saturated heterocycles. The van der Waals surface area contributed by atoms with Gasteiger partial charge in [-0.3, -0.25) is 0 Å². The number of hydrogen-bond acceptors (Lipinski definition) is 3. The van der Waals surface area contributed by atoms with E-state index in [4.69, 9.17) is 5.73 Å². The summed E-state index contributed by atoms with van der Waals surface area (Å²) in [5.74, 6) is 1.06. The number of H-pyrrole nitrogens is 1. The molecule has 0 fully saturated rings. The standard InChI is InChI=1S/C17H19N3S/c1-12-4-9-15-16(11-12)20-17(19-15)21-10-2-3-13-5-7-14(18)8-6-13/h4-9,11H,2-3,10,18H2,1H3,(H,19,20). The zero-order chi connectivity index (χ0) is 14.7. The third kappa shape index (κ3) is 3.58. The molecule has 4 heteroatoms. The molecule has 1 heterocycles. The second-order valence-corrected chi connectivity index (χ2v) is 6.34. The fourth-order valence-corrected chi connectivity index (χ4v) is 3.12. The quantitative estimate of drug-likeness (QED) is 0.422. The molecule has 0 aliphatic carbocycles. The maximum absolute atomic E-state index is 5.69. The lowest BCUT2D eigenvalue weighted by Crippen LogP contribution is -1.90. The van der Waals surface area contributed by atoms with Crippen LogP contribution in [0.25, 0.3) is 11.0 Å². The smallest absolute Gasteiger partial charge is 0.166 e. The molecule has 108 valence electrons. The Morgan fingerprint density at radius 1 is 1.14 bits per heavy atom. The van der Waals surface area contributed by atoms with Gasteiger partial charge in [-0.15, -0.1) is 0 Å². The largest absolute Gasteiger partial charge is 0.399 e. The van der Waals surface area contributed by atoms with Gasteiger partial charge in [-0.2, -0.15) is 0 Å². The molecule has 0 spiro atoms. The number of aromatic amines is 1. The first-order valence-electron chi connectivity index (χ1n) is 7.14. The van der Waals surface area contributed by atoms with Crippen molar-refractivity contribution >= 4 is 28.5 Å². The second-order valence-electron chi connectivity index (χ2n) is 5.26. The molecule has 0 aliphatic heterocycles. The minimum Gasteiger partial charge on any atom is -0.399 e. The lowest BCUT2D eigenvalue weighted by molar-refractivity contribution is 0.928. The van der Waals surface area contributed by atoms with Gasteiger partial charge in [0.05, 0.1) is 11.0 Å². The van der Waals surface area contributed by atoms with Crippen LogP contribution in [0, 0.1) is 6.92 Å². The lowest BCUT2D eigenvalue weighted by Gasteiger charge is -2.01. The van der Waals surface area contributed by atoms with Gasteiger partial charge < -0.3 is 10.7 Å². The fraction of sp³-hybridized carbons (Fsp3) is 0.235. The summed E-state index contributed by atoms with van der Waals surface area (Å²) in [7, 11) is 0. The summed E-state index contributed by atoms with van der Waals surface area (Å²) in [5, 5.41) is 1.01. The monoisotopic (exact) mass is 297 g/mol. The van der Waals surface area contributed by atoms with Crippen molar-refractivity contribution < 1.29 is 0 Å². The normalized spacial score (nSPS) is 11.1. The minimum absolute atomic E-state index is 0.825. The first kappa shape index (κ1) is 14.0. The maximum Gasteiger partial charge on any atom is 0.166 e. The zero-order valence-corrected chi connectivity index (χ0v) is 12.9. The number of hydrogen-bond donors (Lipinski definition) is 2. The number of fused-ring (bicyclic) bond motifs is 1. The van der Waals surface area contributed by atoms with Crippen LogP contribution in [0.5, 0.6) is 0 Å². The molecule has 1 aromatic heterocycles. The van der Waals surface area contributed by atoms with E-state index in [0.717, 1.165) is 40.5 Å². The SMILES string of the molecule is Cc1ccc2nc(SCCCc3ccc(N)cc3)[nH]c2c1. The Kier molecular flexibility index (Phi) is 4.15. The number of nitrogen functional groups attached to an aromatic ring is 1. The average molecular weight is 297 g/mol. The van der Waals surface area contributed by atoms with Crippen molar-refractivity contribution in [3.63, 3.8) is 0 Å². The number of rotatable bonds is 5. The van der Waals surface area contributed by atoms with Gasteiger partial charge in [0, 0.05) is 11.4 Å². The number of benzene rings is 2. The van der Waals surface area contributed by atoms with E-state index in [1.807, 2.05) is 12.1 Å². The van der Waals surface area contributed by atoms with E-state index < -0.39 is 0 Å². The number of nitrogens with one attached hydrogen (secondary N) is 1. The molecule has 3 N–H and O–H groups in total. The number of aryl methyl sites for hydroxylation is 2. The van der Waals surface area contributed by atoms with Crippen molar-refractivity contribution in [2.45, 2.75) is 24.9 Å². The Bertz CT molecular complexity index is 731. The van der Waals surface area contributed by atoms with Crippen LogP contribution in [0.15, 0.2) is 47.6 Å². The number of imidazole rings is 1. The molecule has 3 aromatic rings. The summed E-state index contributed by atoms with van der Waals surface area (Å²) >= 11 is 1.78. The number of nitrogens with two attached hydrogens (primary N) is 1. The first-order valence-corrected chi connectivity index (χ1v) is 8.13.